The third-order valence-corrected chi connectivity index (χ3v) is 3.48. The average Bonchev–Trinajstić information content (AvgIpc) is 2.36. The summed E-state index contributed by atoms with van der Waals surface area (Å²) in [5.41, 5.74) is 5.82. The van der Waals surface area contributed by atoms with Crippen molar-refractivity contribution < 1.29 is 9.84 Å². The third kappa shape index (κ3) is 2.90. The van der Waals surface area contributed by atoms with E-state index in [-0.39, 0.29) is 5.75 Å². The molecule has 100 valence electrons. The number of phenols is 1. The lowest BCUT2D eigenvalue weighted by molar-refractivity contribution is 0.402. The number of hydrogen-bond donors (Lipinski definition) is 1. The predicted molar refractivity (Wildman–Crippen MR) is 78.1 cm³/mol. The van der Waals surface area contributed by atoms with Gasteiger partial charge in [-0.2, -0.15) is 0 Å². The Balaban J connectivity index is 2.40. The normalized spacial score (nSPS) is 10.5. The van der Waals surface area contributed by atoms with E-state index in [1.54, 1.807) is 13.2 Å². The largest absolute Gasteiger partial charge is 0.508 e. The molecule has 2 heteroatoms. The van der Waals surface area contributed by atoms with Crippen LogP contribution in [0.4, 0.5) is 0 Å². The zero-order valence-electron chi connectivity index (χ0n) is 11.9. The van der Waals surface area contributed by atoms with E-state index in [2.05, 4.69) is 32.0 Å². The second-order valence-corrected chi connectivity index (χ2v) is 5.06. The van der Waals surface area contributed by atoms with Crippen molar-refractivity contribution in [2.75, 3.05) is 7.11 Å². The minimum atomic E-state index is 0.279. The fourth-order valence-corrected chi connectivity index (χ4v) is 2.31. The molecule has 2 rings (SSSR count). The molecule has 0 saturated carbocycles. The molecule has 2 aromatic carbocycles. The van der Waals surface area contributed by atoms with Crippen LogP contribution in [0.1, 0.15) is 27.8 Å². The number of aryl methyl sites for hydroxylation is 3. The fourth-order valence-electron chi connectivity index (χ4n) is 2.31. The maximum absolute atomic E-state index is 9.73. The topological polar surface area (TPSA) is 29.5 Å². The molecule has 2 nitrogen and oxygen atoms in total. The summed E-state index contributed by atoms with van der Waals surface area (Å²) in [6.45, 7) is 6.13. The summed E-state index contributed by atoms with van der Waals surface area (Å²) < 4.78 is 5.36. The summed E-state index contributed by atoms with van der Waals surface area (Å²) in [6, 6.07) is 10.2. The smallest absolute Gasteiger partial charge is 0.126 e. The van der Waals surface area contributed by atoms with Gasteiger partial charge in [0.25, 0.3) is 0 Å². The van der Waals surface area contributed by atoms with Gasteiger partial charge in [0.1, 0.15) is 11.5 Å². The van der Waals surface area contributed by atoms with Crippen LogP contribution in [0.25, 0.3) is 0 Å². The molecule has 0 aliphatic rings. The maximum Gasteiger partial charge on any atom is 0.126 e. The molecule has 0 aliphatic heterocycles. The van der Waals surface area contributed by atoms with Gasteiger partial charge in [-0.1, -0.05) is 23.8 Å². The Morgan fingerprint density at radius 2 is 1.68 bits per heavy atom. The molecule has 0 unspecified atom stereocenters. The van der Waals surface area contributed by atoms with Crippen LogP contribution in [0.2, 0.25) is 0 Å². The quantitative estimate of drug-likeness (QED) is 0.902. The second-order valence-electron chi connectivity index (χ2n) is 5.06. The number of benzene rings is 2. The van der Waals surface area contributed by atoms with Gasteiger partial charge in [-0.05, 0) is 49.1 Å². The van der Waals surface area contributed by atoms with Gasteiger partial charge in [-0.25, -0.2) is 0 Å². The molecule has 0 bridgehead atoms. The molecule has 0 heterocycles. The lowest BCUT2D eigenvalue weighted by Gasteiger charge is -2.13. The third-order valence-electron chi connectivity index (χ3n) is 3.48. The van der Waals surface area contributed by atoms with Gasteiger partial charge in [0.05, 0.1) is 7.11 Å². The summed E-state index contributed by atoms with van der Waals surface area (Å²) in [6.07, 6.45) is 0.816. The maximum atomic E-state index is 9.73. The number of methoxy groups -OCH3 is 1. The van der Waals surface area contributed by atoms with Gasteiger partial charge in [-0.3, -0.25) is 0 Å². The molecular formula is C17H20O2. The molecule has 0 spiro atoms. The molecule has 0 fully saturated rings. The Labute approximate surface area is 114 Å². The van der Waals surface area contributed by atoms with E-state index in [0.29, 0.717) is 0 Å². The van der Waals surface area contributed by atoms with Crippen molar-refractivity contribution in [2.24, 2.45) is 0 Å². The molecule has 19 heavy (non-hydrogen) atoms. The zero-order valence-corrected chi connectivity index (χ0v) is 11.9. The summed E-state index contributed by atoms with van der Waals surface area (Å²) in [5, 5.41) is 9.73. The number of rotatable bonds is 3. The van der Waals surface area contributed by atoms with Crippen molar-refractivity contribution in [1.82, 2.24) is 0 Å². The second kappa shape index (κ2) is 5.35. The molecular weight excluding hydrogens is 236 g/mol. The van der Waals surface area contributed by atoms with Crippen LogP contribution in [0.3, 0.4) is 0 Å². The fraction of sp³-hybridized carbons (Fsp3) is 0.294. The number of ether oxygens (including phenoxy) is 1. The summed E-state index contributed by atoms with van der Waals surface area (Å²) >= 11 is 0. The van der Waals surface area contributed by atoms with Gasteiger partial charge in [0, 0.05) is 12.5 Å². The number of aromatic hydroxyl groups is 1. The van der Waals surface area contributed by atoms with Crippen molar-refractivity contribution >= 4 is 0 Å². The van der Waals surface area contributed by atoms with Crippen LogP contribution in [-0.2, 0) is 6.42 Å². The average molecular weight is 256 g/mol. The Morgan fingerprint density at radius 3 is 2.32 bits per heavy atom. The number of hydrogen-bond acceptors (Lipinski definition) is 2. The van der Waals surface area contributed by atoms with Gasteiger partial charge in [0.2, 0.25) is 0 Å². The number of phenolic OH excluding ortho intramolecular Hbond substituents is 1. The minimum Gasteiger partial charge on any atom is -0.508 e. The summed E-state index contributed by atoms with van der Waals surface area (Å²) in [5.74, 6) is 1.02. The predicted octanol–water partition coefficient (Wildman–Crippen LogP) is 3.92. The first-order valence-corrected chi connectivity index (χ1v) is 6.44. The van der Waals surface area contributed by atoms with Crippen molar-refractivity contribution in [3.8, 4) is 11.5 Å². The van der Waals surface area contributed by atoms with E-state index in [1.165, 1.54) is 16.7 Å². The molecule has 0 radical (unpaired) electrons. The summed E-state index contributed by atoms with van der Waals surface area (Å²) in [4.78, 5) is 0. The van der Waals surface area contributed by atoms with Gasteiger partial charge in [0.15, 0.2) is 0 Å². The van der Waals surface area contributed by atoms with Crippen molar-refractivity contribution in [1.29, 1.82) is 0 Å². The van der Waals surface area contributed by atoms with Crippen LogP contribution >= 0.6 is 0 Å². The van der Waals surface area contributed by atoms with Crippen molar-refractivity contribution in [2.45, 2.75) is 27.2 Å². The van der Waals surface area contributed by atoms with Gasteiger partial charge in [-0.15, -0.1) is 0 Å². The van der Waals surface area contributed by atoms with E-state index < -0.39 is 0 Å². The highest BCUT2D eigenvalue weighted by molar-refractivity contribution is 5.48. The lowest BCUT2D eigenvalue weighted by atomic mass is 9.97. The Bertz CT molecular complexity index is 600. The van der Waals surface area contributed by atoms with Crippen LogP contribution < -0.4 is 4.74 Å². The van der Waals surface area contributed by atoms with Crippen LogP contribution in [0, 0.1) is 20.8 Å². The first-order chi connectivity index (χ1) is 9.01. The minimum absolute atomic E-state index is 0.279. The van der Waals surface area contributed by atoms with E-state index in [1.807, 2.05) is 13.0 Å². The molecule has 0 saturated heterocycles. The zero-order chi connectivity index (χ0) is 14.0. The highest BCUT2D eigenvalue weighted by Crippen LogP contribution is 2.30. The molecule has 0 aromatic heterocycles. The van der Waals surface area contributed by atoms with E-state index in [9.17, 15) is 5.11 Å². The molecule has 0 aliphatic carbocycles. The first kappa shape index (κ1) is 13.5. The highest BCUT2D eigenvalue weighted by Gasteiger charge is 2.09. The van der Waals surface area contributed by atoms with E-state index in [4.69, 9.17) is 4.74 Å². The summed E-state index contributed by atoms with van der Waals surface area (Å²) in [7, 11) is 1.63. The van der Waals surface area contributed by atoms with Gasteiger partial charge >= 0.3 is 0 Å². The monoisotopic (exact) mass is 256 g/mol. The van der Waals surface area contributed by atoms with Crippen LogP contribution in [-0.4, -0.2) is 12.2 Å². The van der Waals surface area contributed by atoms with Gasteiger partial charge < -0.3 is 9.84 Å². The van der Waals surface area contributed by atoms with Crippen LogP contribution in [0.15, 0.2) is 30.3 Å². The molecule has 0 amide bonds. The van der Waals surface area contributed by atoms with Crippen LogP contribution in [0.5, 0.6) is 11.5 Å². The lowest BCUT2D eigenvalue weighted by Crippen LogP contribution is -1.97. The Morgan fingerprint density at radius 1 is 0.947 bits per heavy atom. The molecule has 1 N–H and O–H groups in total. The van der Waals surface area contributed by atoms with E-state index in [0.717, 1.165) is 23.3 Å². The van der Waals surface area contributed by atoms with E-state index >= 15 is 0 Å². The Kier molecular flexibility index (Phi) is 3.79. The van der Waals surface area contributed by atoms with Crippen molar-refractivity contribution in [3.05, 3.63) is 58.1 Å². The molecule has 0 atom stereocenters. The van der Waals surface area contributed by atoms with Crippen molar-refractivity contribution in [3.63, 3.8) is 0 Å². The Hall–Kier alpha value is -1.96. The molecule has 2 aromatic rings. The SMILES string of the molecule is COc1cc(O)c(C)cc1Cc1ccc(C)cc1C. The first-order valence-electron chi connectivity index (χ1n) is 6.44. The standard InChI is InChI=1S/C17H20O2/c1-11-5-6-14(12(2)7-11)9-15-8-13(3)16(18)10-17(15)19-4/h5-8,10,18H,9H2,1-4H3. The highest BCUT2D eigenvalue weighted by atomic mass is 16.5.